The van der Waals surface area contributed by atoms with Crippen LogP contribution in [0.3, 0.4) is 0 Å². The van der Waals surface area contributed by atoms with E-state index in [1.165, 1.54) is 20.1 Å². The van der Waals surface area contributed by atoms with Crippen LogP contribution in [-0.4, -0.2) is 24.0 Å². The van der Waals surface area contributed by atoms with E-state index in [0.29, 0.717) is 0 Å². The molecule has 0 radical (unpaired) electrons. The minimum atomic E-state index is -0.591. The maximum Gasteiger partial charge on any atom is 0.354 e. The van der Waals surface area contributed by atoms with Gasteiger partial charge in [0.05, 0.1) is 7.11 Å². The lowest BCUT2D eigenvalue weighted by molar-refractivity contribution is -0.137. The summed E-state index contributed by atoms with van der Waals surface area (Å²) in [5, 5.41) is 2.41. The highest BCUT2D eigenvalue weighted by Gasteiger charge is 2.10. The first-order valence-corrected chi connectivity index (χ1v) is 4.61. The lowest BCUT2D eigenvalue weighted by atomic mass is 10.2. The van der Waals surface area contributed by atoms with E-state index in [-0.39, 0.29) is 11.6 Å². The Labute approximate surface area is 93.1 Å². The number of ether oxygens (including phenoxy) is 1. The molecule has 0 bridgehead atoms. The molecule has 1 aromatic rings. The first-order chi connectivity index (χ1) is 7.63. The van der Waals surface area contributed by atoms with Gasteiger partial charge in [-0.1, -0.05) is 0 Å². The Morgan fingerprint density at radius 2 is 2.00 bits per heavy atom. The number of carbonyl (C=O) groups is 2. The highest BCUT2D eigenvalue weighted by molar-refractivity contribution is 5.97. The van der Waals surface area contributed by atoms with E-state index in [1.807, 2.05) is 0 Å². The van der Waals surface area contributed by atoms with Gasteiger partial charge in [0, 0.05) is 19.3 Å². The van der Waals surface area contributed by atoms with E-state index in [4.69, 9.17) is 0 Å². The number of carbonyl (C=O) groups excluding carboxylic acids is 2. The van der Waals surface area contributed by atoms with Crippen molar-refractivity contribution < 1.29 is 14.3 Å². The van der Waals surface area contributed by atoms with Crippen molar-refractivity contribution in [2.75, 3.05) is 7.11 Å². The van der Waals surface area contributed by atoms with E-state index in [2.05, 4.69) is 15.0 Å². The Kier molecular flexibility index (Phi) is 4.20. The summed E-state index contributed by atoms with van der Waals surface area (Å²) in [5.41, 5.74) is 0.852. The van der Waals surface area contributed by atoms with Gasteiger partial charge in [-0.2, -0.15) is 0 Å². The van der Waals surface area contributed by atoms with Crippen molar-refractivity contribution in [3.8, 4) is 0 Å². The van der Waals surface area contributed by atoms with Gasteiger partial charge in [0.2, 0.25) is 5.91 Å². The number of aromatic nitrogens is 1. The van der Waals surface area contributed by atoms with Gasteiger partial charge in [0.1, 0.15) is 5.70 Å². The van der Waals surface area contributed by atoms with Crippen LogP contribution in [0.5, 0.6) is 0 Å². The van der Waals surface area contributed by atoms with Crippen LogP contribution in [0.2, 0.25) is 0 Å². The third-order valence-electron chi connectivity index (χ3n) is 1.73. The molecule has 0 aromatic carbocycles. The molecule has 0 aliphatic heterocycles. The Hall–Kier alpha value is -2.17. The number of hydrogen-bond acceptors (Lipinski definition) is 4. The second kappa shape index (κ2) is 5.65. The van der Waals surface area contributed by atoms with Gasteiger partial charge < -0.3 is 10.1 Å². The molecule has 5 heteroatoms. The van der Waals surface area contributed by atoms with Crippen LogP contribution < -0.4 is 5.32 Å². The fourth-order valence-corrected chi connectivity index (χ4v) is 1.07. The molecule has 0 spiro atoms. The van der Waals surface area contributed by atoms with Gasteiger partial charge in [-0.25, -0.2) is 4.79 Å². The van der Waals surface area contributed by atoms with Crippen molar-refractivity contribution in [2.45, 2.75) is 6.92 Å². The van der Waals surface area contributed by atoms with Crippen LogP contribution in [0.1, 0.15) is 12.5 Å². The summed E-state index contributed by atoms with van der Waals surface area (Å²) in [7, 11) is 1.25. The average Bonchev–Trinajstić information content (AvgIpc) is 2.28. The highest BCUT2D eigenvalue weighted by atomic mass is 16.5. The normalized spacial score (nSPS) is 10.8. The van der Waals surface area contributed by atoms with Crippen molar-refractivity contribution in [2.24, 2.45) is 0 Å². The van der Waals surface area contributed by atoms with Gasteiger partial charge in [0.15, 0.2) is 0 Å². The molecular formula is C11H12N2O3. The standard InChI is InChI=1S/C11H12N2O3/c1-8(14)13-10(11(15)16-2)7-9-3-5-12-6-4-9/h3-7H,1-2H3,(H,13,14)/b10-7+. The zero-order valence-electron chi connectivity index (χ0n) is 9.06. The molecule has 1 heterocycles. The van der Waals surface area contributed by atoms with Gasteiger partial charge in [-0.05, 0) is 23.8 Å². The molecule has 0 saturated carbocycles. The molecule has 16 heavy (non-hydrogen) atoms. The lowest BCUT2D eigenvalue weighted by Crippen LogP contribution is -2.25. The summed E-state index contributed by atoms with van der Waals surface area (Å²) < 4.78 is 4.55. The summed E-state index contributed by atoms with van der Waals surface area (Å²) in [6.07, 6.45) is 4.71. The highest BCUT2D eigenvalue weighted by Crippen LogP contribution is 2.04. The van der Waals surface area contributed by atoms with Crippen molar-refractivity contribution in [3.63, 3.8) is 0 Å². The first-order valence-electron chi connectivity index (χ1n) is 4.61. The number of pyridine rings is 1. The topological polar surface area (TPSA) is 68.3 Å². The van der Waals surface area contributed by atoms with E-state index < -0.39 is 5.97 Å². The van der Waals surface area contributed by atoms with Crippen LogP contribution in [0.4, 0.5) is 0 Å². The Morgan fingerprint density at radius 3 is 2.50 bits per heavy atom. The molecule has 1 aromatic heterocycles. The van der Waals surface area contributed by atoms with Crippen molar-refractivity contribution in [3.05, 3.63) is 35.8 Å². The fraction of sp³-hybridized carbons (Fsp3) is 0.182. The average molecular weight is 220 g/mol. The van der Waals surface area contributed by atoms with Crippen molar-refractivity contribution in [1.82, 2.24) is 10.3 Å². The largest absolute Gasteiger partial charge is 0.464 e. The lowest BCUT2D eigenvalue weighted by Gasteiger charge is -2.05. The van der Waals surface area contributed by atoms with E-state index >= 15 is 0 Å². The smallest absolute Gasteiger partial charge is 0.354 e. The third kappa shape index (κ3) is 3.53. The predicted molar refractivity (Wildman–Crippen MR) is 58.0 cm³/mol. The Morgan fingerprint density at radius 1 is 1.38 bits per heavy atom. The molecule has 1 rings (SSSR count). The maximum absolute atomic E-state index is 11.3. The second-order valence-corrected chi connectivity index (χ2v) is 3.01. The summed E-state index contributed by atoms with van der Waals surface area (Å²) >= 11 is 0. The number of nitrogens with one attached hydrogen (secondary N) is 1. The molecule has 0 unspecified atom stereocenters. The molecule has 0 atom stereocenters. The van der Waals surface area contributed by atoms with Crippen LogP contribution >= 0.6 is 0 Å². The van der Waals surface area contributed by atoms with Gasteiger partial charge in [0.25, 0.3) is 0 Å². The Bertz CT molecular complexity index is 412. The second-order valence-electron chi connectivity index (χ2n) is 3.01. The molecular weight excluding hydrogens is 208 g/mol. The monoisotopic (exact) mass is 220 g/mol. The summed E-state index contributed by atoms with van der Waals surface area (Å²) in [4.78, 5) is 26.1. The summed E-state index contributed by atoms with van der Waals surface area (Å²) in [5.74, 6) is -0.919. The summed E-state index contributed by atoms with van der Waals surface area (Å²) in [6.45, 7) is 1.32. The molecule has 0 aliphatic rings. The predicted octanol–water partition coefficient (Wildman–Crippen LogP) is 0.732. The van der Waals surface area contributed by atoms with Crippen LogP contribution in [0, 0.1) is 0 Å². The first kappa shape index (κ1) is 11.9. The zero-order chi connectivity index (χ0) is 12.0. The molecule has 1 N–H and O–H groups in total. The number of methoxy groups -OCH3 is 1. The minimum Gasteiger partial charge on any atom is -0.464 e. The van der Waals surface area contributed by atoms with E-state index in [9.17, 15) is 9.59 Å². The van der Waals surface area contributed by atoms with Crippen LogP contribution in [0.15, 0.2) is 30.2 Å². The van der Waals surface area contributed by atoms with Gasteiger partial charge in [-0.15, -0.1) is 0 Å². The SMILES string of the molecule is COC(=O)/C(=C\c1ccncc1)NC(C)=O. The maximum atomic E-state index is 11.3. The molecule has 5 nitrogen and oxygen atoms in total. The van der Waals surface area contributed by atoms with E-state index in [0.717, 1.165) is 5.56 Å². The number of nitrogens with zero attached hydrogens (tertiary/aromatic N) is 1. The van der Waals surface area contributed by atoms with Crippen LogP contribution in [-0.2, 0) is 14.3 Å². The molecule has 1 amide bonds. The van der Waals surface area contributed by atoms with E-state index in [1.54, 1.807) is 24.5 Å². The molecule has 84 valence electrons. The molecule has 0 aliphatic carbocycles. The number of esters is 1. The molecule has 0 fully saturated rings. The van der Waals surface area contributed by atoms with Crippen LogP contribution in [0.25, 0.3) is 6.08 Å². The Balaban J connectivity index is 2.96. The molecule has 0 saturated heterocycles. The van der Waals surface area contributed by atoms with Crippen molar-refractivity contribution >= 4 is 18.0 Å². The quantitative estimate of drug-likeness (QED) is 0.602. The minimum absolute atomic E-state index is 0.0983. The third-order valence-corrected chi connectivity index (χ3v) is 1.73. The zero-order valence-corrected chi connectivity index (χ0v) is 9.06. The van der Waals surface area contributed by atoms with Gasteiger partial charge >= 0.3 is 5.97 Å². The van der Waals surface area contributed by atoms with Gasteiger partial charge in [-0.3, -0.25) is 9.78 Å². The number of amides is 1. The number of hydrogen-bond donors (Lipinski definition) is 1. The summed E-state index contributed by atoms with van der Waals surface area (Å²) in [6, 6.07) is 3.43. The fourth-order valence-electron chi connectivity index (χ4n) is 1.07. The number of rotatable bonds is 3. The van der Waals surface area contributed by atoms with Crippen molar-refractivity contribution in [1.29, 1.82) is 0 Å².